The molecule has 1 aliphatic rings. The first-order chi connectivity index (χ1) is 8.15. The van der Waals surface area contributed by atoms with E-state index in [0.29, 0.717) is 18.5 Å². The summed E-state index contributed by atoms with van der Waals surface area (Å²) >= 11 is 0. The second-order valence-electron chi connectivity index (χ2n) is 4.04. The third kappa shape index (κ3) is 2.06. The molecular formula is C11H13N3O3. The van der Waals surface area contributed by atoms with Gasteiger partial charge in [-0.1, -0.05) is 12.2 Å². The van der Waals surface area contributed by atoms with E-state index < -0.39 is 17.3 Å². The number of hydrogen-bond acceptors (Lipinski definition) is 3. The van der Waals surface area contributed by atoms with Gasteiger partial charge in [0.05, 0.1) is 11.9 Å². The first-order valence-electron chi connectivity index (χ1n) is 5.34. The fourth-order valence-electron chi connectivity index (χ4n) is 1.90. The van der Waals surface area contributed by atoms with Crippen LogP contribution in [0.25, 0.3) is 0 Å². The summed E-state index contributed by atoms with van der Waals surface area (Å²) in [5.74, 6) is -1.57. The highest BCUT2D eigenvalue weighted by molar-refractivity contribution is 6.08. The normalized spacial score (nSPS) is 23.3. The number of aliphatic carboxylic acids is 1. The number of rotatable bonds is 3. The molecule has 17 heavy (non-hydrogen) atoms. The van der Waals surface area contributed by atoms with Crippen molar-refractivity contribution < 1.29 is 14.7 Å². The maximum absolute atomic E-state index is 12.1. The van der Waals surface area contributed by atoms with Gasteiger partial charge in [0.25, 0.3) is 0 Å². The molecule has 0 fully saturated rings. The second kappa shape index (κ2) is 4.40. The SMILES string of the molecule is O=C(O)C1(C(=O)Nc2cn[nH]c2)CC=CCC1. The lowest BCUT2D eigenvalue weighted by molar-refractivity contribution is -0.154. The van der Waals surface area contributed by atoms with Crippen molar-refractivity contribution in [1.29, 1.82) is 0 Å². The van der Waals surface area contributed by atoms with Crippen molar-refractivity contribution in [2.75, 3.05) is 5.32 Å². The first kappa shape index (κ1) is 11.4. The number of aromatic nitrogens is 2. The number of hydrogen-bond donors (Lipinski definition) is 3. The van der Waals surface area contributed by atoms with Gasteiger partial charge in [-0.3, -0.25) is 14.7 Å². The highest BCUT2D eigenvalue weighted by Crippen LogP contribution is 2.34. The van der Waals surface area contributed by atoms with Gasteiger partial charge in [0.2, 0.25) is 5.91 Å². The molecule has 0 saturated heterocycles. The van der Waals surface area contributed by atoms with Crippen molar-refractivity contribution in [2.24, 2.45) is 5.41 Å². The summed E-state index contributed by atoms with van der Waals surface area (Å²) < 4.78 is 0. The lowest BCUT2D eigenvalue weighted by Gasteiger charge is -2.28. The Morgan fingerprint density at radius 2 is 2.29 bits per heavy atom. The van der Waals surface area contributed by atoms with Crippen LogP contribution in [-0.4, -0.2) is 27.2 Å². The molecule has 1 amide bonds. The van der Waals surface area contributed by atoms with E-state index in [1.165, 1.54) is 12.4 Å². The van der Waals surface area contributed by atoms with Crippen molar-refractivity contribution in [3.63, 3.8) is 0 Å². The maximum Gasteiger partial charge on any atom is 0.319 e. The number of nitrogens with one attached hydrogen (secondary N) is 2. The van der Waals surface area contributed by atoms with Crippen LogP contribution in [0.2, 0.25) is 0 Å². The minimum Gasteiger partial charge on any atom is -0.480 e. The molecule has 1 unspecified atom stereocenters. The number of H-pyrrole nitrogens is 1. The lowest BCUT2D eigenvalue weighted by atomic mass is 9.76. The van der Waals surface area contributed by atoms with E-state index in [0.717, 1.165) is 0 Å². The molecule has 0 aliphatic heterocycles. The zero-order valence-corrected chi connectivity index (χ0v) is 9.14. The highest BCUT2D eigenvalue weighted by Gasteiger charge is 2.45. The largest absolute Gasteiger partial charge is 0.480 e. The van der Waals surface area contributed by atoms with Gasteiger partial charge in [-0.05, 0) is 19.3 Å². The molecule has 6 heteroatoms. The van der Waals surface area contributed by atoms with E-state index in [1.54, 1.807) is 6.08 Å². The molecule has 0 bridgehead atoms. The van der Waals surface area contributed by atoms with Crippen molar-refractivity contribution in [3.05, 3.63) is 24.5 Å². The fraction of sp³-hybridized carbons (Fsp3) is 0.364. The zero-order chi connectivity index (χ0) is 12.3. The van der Waals surface area contributed by atoms with E-state index in [9.17, 15) is 14.7 Å². The summed E-state index contributed by atoms with van der Waals surface area (Å²) in [6.07, 6.45) is 7.73. The molecule has 0 spiro atoms. The molecule has 90 valence electrons. The third-order valence-corrected chi connectivity index (χ3v) is 2.97. The van der Waals surface area contributed by atoms with Crippen LogP contribution in [0.3, 0.4) is 0 Å². The number of nitrogens with zero attached hydrogens (tertiary/aromatic N) is 1. The van der Waals surface area contributed by atoms with Gasteiger partial charge >= 0.3 is 5.97 Å². The van der Waals surface area contributed by atoms with Gasteiger partial charge in [0.15, 0.2) is 0 Å². The predicted molar refractivity (Wildman–Crippen MR) is 60.3 cm³/mol. The van der Waals surface area contributed by atoms with Crippen LogP contribution in [0.4, 0.5) is 5.69 Å². The lowest BCUT2D eigenvalue weighted by Crippen LogP contribution is -2.43. The molecule has 1 aliphatic carbocycles. The minimum atomic E-state index is -1.36. The average Bonchev–Trinajstić information content (AvgIpc) is 2.82. The summed E-state index contributed by atoms with van der Waals surface area (Å²) in [6, 6.07) is 0. The molecule has 0 radical (unpaired) electrons. The summed E-state index contributed by atoms with van der Waals surface area (Å²) in [5.41, 5.74) is -0.878. The van der Waals surface area contributed by atoms with Gasteiger partial charge in [-0.2, -0.15) is 5.10 Å². The van der Waals surface area contributed by atoms with Gasteiger partial charge < -0.3 is 10.4 Å². The Morgan fingerprint density at radius 1 is 1.47 bits per heavy atom. The summed E-state index contributed by atoms with van der Waals surface area (Å²) in [7, 11) is 0. The molecular weight excluding hydrogens is 222 g/mol. The Kier molecular flexibility index (Phi) is 2.95. The van der Waals surface area contributed by atoms with Gasteiger partial charge in [-0.25, -0.2) is 0 Å². The van der Waals surface area contributed by atoms with Crippen molar-refractivity contribution in [1.82, 2.24) is 10.2 Å². The topological polar surface area (TPSA) is 95.1 Å². The highest BCUT2D eigenvalue weighted by atomic mass is 16.4. The van der Waals surface area contributed by atoms with Crippen LogP contribution in [-0.2, 0) is 9.59 Å². The molecule has 3 N–H and O–H groups in total. The van der Waals surface area contributed by atoms with E-state index >= 15 is 0 Å². The van der Waals surface area contributed by atoms with Crippen molar-refractivity contribution in [2.45, 2.75) is 19.3 Å². The van der Waals surface area contributed by atoms with E-state index in [-0.39, 0.29) is 6.42 Å². The summed E-state index contributed by atoms with van der Waals surface area (Å²) in [6.45, 7) is 0. The molecule has 0 saturated carbocycles. The van der Waals surface area contributed by atoms with Crippen LogP contribution >= 0.6 is 0 Å². The van der Waals surface area contributed by atoms with Crippen LogP contribution in [0.5, 0.6) is 0 Å². The molecule has 1 aromatic heterocycles. The van der Waals surface area contributed by atoms with Crippen LogP contribution in [0.15, 0.2) is 24.5 Å². The average molecular weight is 235 g/mol. The van der Waals surface area contributed by atoms with Crippen LogP contribution in [0.1, 0.15) is 19.3 Å². The summed E-state index contributed by atoms with van der Waals surface area (Å²) in [4.78, 5) is 23.4. The van der Waals surface area contributed by atoms with Crippen LogP contribution < -0.4 is 5.32 Å². The molecule has 6 nitrogen and oxygen atoms in total. The zero-order valence-electron chi connectivity index (χ0n) is 9.14. The van der Waals surface area contributed by atoms with E-state index in [1.807, 2.05) is 6.08 Å². The monoisotopic (exact) mass is 235 g/mol. The quantitative estimate of drug-likeness (QED) is 0.541. The predicted octanol–water partition coefficient (Wildman–Crippen LogP) is 1.16. The first-order valence-corrected chi connectivity index (χ1v) is 5.34. The number of anilines is 1. The van der Waals surface area contributed by atoms with E-state index in [2.05, 4.69) is 15.5 Å². The molecule has 1 heterocycles. The van der Waals surface area contributed by atoms with Crippen LogP contribution in [0, 0.1) is 5.41 Å². The Balaban J connectivity index is 2.19. The number of allylic oxidation sites excluding steroid dienone is 2. The number of carbonyl (C=O) groups is 2. The number of aromatic amines is 1. The van der Waals surface area contributed by atoms with Gasteiger partial charge in [0.1, 0.15) is 5.41 Å². The van der Waals surface area contributed by atoms with Gasteiger partial charge in [0, 0.05) is 6.20 Å². The Morgan fingerprint density at radius 3 is 2.82 bits per heavy atom. The second-order valence-corrected chi connectivity index (χ2v) is 4.04. The summed E-state index contributed by atoms with van der Waals surface area (Å²) in [5, 5.41) is 18.1. The Bertz CT molecular complexity index is 453. The fourth-order valence-corrected chi connectivity index (χ4v) is 1.90. The standard InChI is InChI=1S/C11H13N3O3/c15-9(14-8-6-12-13-7-8)11(10(16)17)4-2-1-3-5-11/h1-2,6-7H,3-5H2,(H,12,13)(H,14,15)(H,16,17). The third-order valence-electron chi connectivity index (χ3n) is 2.97. The number of carboxylic acid groups (broad SMARTS) is 1. The number of carboxylic acids is 1. The molecule has 1 aromatic rings. The van der Waals surface area contributed by atoms with Crippen molar-refractivity contribution >= 4 is 17.6 Å². The molecule has 2 rings (SSSR count). The molecule has 0 aromatic carbocycles. The Labute approximate surface area is 97.7 Å². The van der Waals surface area contributed by atoms with E-state index in [4.69, 9.17) is 0 Å². The number of amides is 1. The smallest absolute Gasteiger partial charge is 0.319 e. The maximum atomic E-state index is 12.1. The van der Waals surface area contributed by atoms with Crippen molar-refractivity contribution in [3.8, 4) is 0 Å². The minimum absolute atomic E-state index is 0.228. The molecule has 1 atom stereocenters. The number of carbonyl (C=O) groups excluding carboxylic acids is 1. The Hall–Kier alpha value is -2.11. The van der Waals surface area contributed by atoms with Gasteiger partial charge in [-0.15, -0.1) is 0 Å².